The summed E-state index contributed by atoms with van der Waals surface area (Å²) in [4.78, 5) is 28.4. The van der Waals surface area contributed by atoms with Crippen molar-refractivity contribution < 1.29 is 14.3 Å². The van der Waals surface area contributed by atoms with Crippen LogP contribution in [0.1, 0.15) is 16.1 Å². The van der Waals surface area contributed by atoms with Crippen molar-refractivity contribution in [3.05, 3.63) is 69.7 Å². The second-order valence-electron chi connectivity index (χ2n) is 5.37. The van der Waals surface area contributed by atoms with E-state index in [9.17, 15) is 9.59 Å². The van der Waals surface area contributed by atoms with Crippen LogP contribution in [0.4, 0.5) is 5.69 Å². The molecule has 7 nitrogen and oxygen atoms in total. The first kappa shape index (κ1) is 18.1. The summed E-state index contributed by atoms with van der Waals surface area (Å²) in [7, 11) is 0. The van der Waals surface area contributed by atoms with Gasteiger partial charge in [-0.25, -0.2) is 14.5 Å². The fourth-order valence-corrected chi connectivity index (χ4v) is 2.62. The largest absolute Gasteiger partial charge is 0.452 e. The monoisotopic (exact) mass is 462 g/mol. The molecule has 1 amide bonds. The fourth-order valence-electron chi connectivity index (χ4n) is 2.26. The summed E-state index contributed by atoms with van der Waals surface area (Å²) in [6.45, 7) is 1.36. The summed E-state index contributed by atoms with van der Waals surface area (Å²) in [5.74, 6) is -0.419. The van der Waals surface area contributed by atoms with Gasteiger partial charge >= 0.3 is 5.97 Å². The minimum atomic E-state index is -0.609. The number of carbonyl (C=O) groups is 2. The van der Waals surface area contributed by atoms with E-state index in [2.05, 4.69) is 38.0 Å². The van der Waals surface area contributed by atoms with Crippen molar-refractivity contribution in [3.8, 4) is 5.82 Å². The molecule has 0 aliphatic rings. The van der Waals surface area contributed by atoms with Crippen molar-refractivity contribution >= 4 is 40.2 Å². The number of benzene rings is 1. The molecule has 0 radical (unpaired) electrons. The van der Waals surface area contributed by atoms with Gasteiger partial charge in [-0.2, -0.15) is 5.10 Å². The smallest absolute Gasteiger partial charge is 0.342 e. The normalized spacial score (nSPS) is 10.4. The number of carbonyl (C=O) groups excluding carboxylic acids is 2. The zero-order valence-corrected chi connectivity index (χ0v) is 16.0. The number of nitrogens with zero attached hydrogens (tertiary/aromatic N) is 3. The van der Waals surface area contributed by atoms with E-state index in [-0.39, 0.29) is 12.2 Å². The van der Waals surface area contributed by atoms with Crippen molar-refractivity contribution in [2.75, 3.05) is 11.9 Å². The maximum atomic E-state index is 12.2. The quantitative estimate of drug-likeness (QED) is 0.466. The van der Waals surface area contributed by atoms with Crippen molar-refractivity contribution in [3.63, 3.8) is 0 Å². The Morgan fingerprint density at radius 3 is 2.65 bits per heavy atom. The molecule has 132 valence electrons. The Kier molecular flexibility index (Phi) is 5.61. The van der Waals surface area contributed by atoms with Crippen LogP contribution in [-0.4, -0.2) is 33.2 Å². The highest BCUT2D eigenvalue weighted by Crippen LogP contribution is 2.14. The summed E-state index contributed by atoms with van der Waals surface area (Å²) in [6, 6.07) is 12.7. The van der Waals surface area contributed by atoms with E-state index in [4.69, 9.17) is 4.74 Å². The van der Waals surface area contributed by atoms with Gasteiger partial charge in [0.05, 0.1) is 11.9 Å². The summed E-state index contributed by atoms with van der Waals surface area (Å²) in [5, 5.41) is 6.83. The molecular formula is C18H15IN4O3. The molecule has 0 aliphatic carbocycles. The van der Waals surface area contributed by atoms with Gasteiger partial charge < -0.3 is 10.1 Å². The van der Waals surface area contributed by atoms with Gasteiger partial charge in [0, 0.05) is 15.5 Å². The number of esters is 1. The molecule has 3 rings (SSSR count). The molecule has 1 aromatic carbocycles. The van der Waals surface area contributed by atoms with E-state index in [1.165, 1.54) is 6.20 Å². The summed E-state index contributed by atoms with van der Waals surface area (Å²) >= 11 is 2.18. The van der Waals surface area contributed by atoms with Gasteiger partial charge in [0.25, 0.3) is 5.91 Å². The summed E-state index contributed by atoms with van der Waals surface area (Å²) in [5.41, 5.74) is 1.52. The number of hydrogen-bond acceptors (Lipinski definition) is 5. The van der Waals surface area contributed by atoms with Gasteiger partial charge in [0.15, 0.2) is 12.4 Å². The van der Waals surface area contributed by atoms with Gasteiger partial charge in [0.2, 0.25) is 0 Å². The van der Waals surface area contributed by atoms with Crippen LogP contribution >= 0.6 is 22.6 Å². The SMILES string of the molecule is Cc1c(C(=O)OCC(=O)Nc2ccc(I)cc2)cnn1-c1ccccn1. The minimum absolute atomic E-state index is 0.290. The second-order valence-corrected chi connectivity index (χ2v) is 6.62. The Morgan fingerprint density at radius 1 is 1.19 bits per heavy atom. The third-order valence-corrected chi connectivity index (χ3v) is 4.28. The Hall–Kier alpha value is -2.75. The molecule has 0 fully saturated rings. The molecule has 0 atom stereocenters. The van der Waals surface area contributed by atoms with Crippen molar-refractivity contribution in [1.82, 2.24) is 14.8 Å². The zero-order valence-electron chi connectivity index (χ0n) is 13.8. The lowest BCUT2D eigenvalue weighted by Gasteiger charge is -2.07. The van der Waals surface area contributed by atoms with Gasteiger partial charge in [-0.05, 0) is 65.9 Å². The van der Waals surface area contributed by atoms with E-state index in [1.807, 2.05) is 18.2 Å². The van der Waals surface area contributed by atoms with Crippen LogP contribution in [0, 0.1) is 10.5 Å². The standard InChI is InChI=1S/C18H15IN4O3/c1-12-15(10-21-23(12)16-4-2-3-9-20-16)18(25)26-11-17(24)22-14-7-5-13(19)6-8-14/h2-10H,11H2,1H3,(H,22,24). The van der Waals surface area contributed by atoms with Crippen LogP contribution in [0.15, 0.2) is 54.9 Å². The maximum absolute atomic E-state index is 12.2. The molecule has 2 heterocycles. The van der Waals surface area contributed by atoms with Crippen molar-refractivity contribution in [1.29, 1.82) is 0 Å². The first-order chi connectivity index (χ1) is 12.5. The van der Waals surface area contributed by atoms with E-state index < -0.39 is 11.9 Å². The second kappa shape index (κ2) is 8.09. The summed E-state index contributed by atoms with van der Waals surface area (Å²) < 4.78 is 7.70. The number of hydrogen-bond donors (Lipinski definition) is 1. The number of rotatable bonds is 5. The van der Waals surface area contributed by atoms with Crippen LogP contribution in [0.2, 0.25) is 0 Å². The Bertz CT molecular complexity index is 923. The number of halogens is 1. The Balaban J connectivity index is 1.61. The number of pyridine rings is 1. The lowest BCUT2D eigenvalue weighted by Crippen LogP contribution is -2.21. The average Bonchev–Trinajstić information content (AvgIpc) is 3.04. The molecule has 0 aliphatic heterocycles. The molecule has 0 bridgehead atoms. The highest BCUT2D eigenvalue weighted by Gasteiger charge is 2.18. The topological polar surface area (TPSA) is 86.1 Å². The van der Waals surface area contributed by atoms with Crippen molar-refractivity contribution in [2.45, 2.75) is 6.92 Å². The molecule has 26 heavy (non-hydrogen) atoms. The van der Waals surface area contributed by atoms with Gasteiger partial charge in [-0.3, -0.25) is 4.79 Å². The highest BCUT2D eigenvalue weighted by molar-refractivity contribution is 14.1. The minimum Gasteiger partial charge on any atom is -0.452 e. The molecule has 8 heteroatoms. The molecule has 0 spiro atoms. The van der Waals surface area contributed by atoms with E-state index >= 15 is 0 Å². The van der Waals surface area contributed by atoms with E-state index in [0.717, 1.165) is 3.57 Å². The molecule has 0 saturated heterocycles. The molecule has 2 aromatic heterocycles. The number of ether oxygens (including phenoxy) is 1. The van der Waals surface area contributed by atoms with Crippen LogP contribution in [0.5, 0.6) is 0 Å². The highest BCUT2D eigenvalue weighted by atomic mass is 127. The van der Waals surface area contributed by atoms with E-state index in [0.29, 0.717) is 17.2 Å². The first-order valence-corrected chi connectivity index (χ1v) is 8.81. The predicted molar refractivity (Wildman–Crippen MR) is 104 cm³/mol. The lowest BCUT2D eigenvalue weighted by molar-refractivity contribution is -0.119. The Labute approximate surface area is 163 Å². The van der Waals surface area contributed by atoms with Crippen molar-refractivity contribution in [2.24, 2.45) is 0 Å². The van der Waals surface area contributed by atoms with Crippen LogP contribution in [0.3, 0.4) is 0 Å². The van der Waals surface area contributed by atoms with Crippen LogP contribution < -0.4 is 5.32 Å². The van der Waals surface area contributed by atoms with Gasteiger partial charge in [-0.15, -0.1) is 0 Å². The molecule has 0 unspecified atom stereocenters. The van der Waals surface area contributed by atoms with E-state index in [1.54, 1.807) is 42.1 Å². The molecule has 0 saturated carbocycles. The number of anilines is 1. The Morgan fingerprint density at radius 2 is 1.96 bits per heavy atom. The van der Waals surface area contributed by atoms with Gasteiger partial charge in [0.1, 0.15) is 5.56 Å². The number of aromatic nitrogens is 3. The predicted octanol–water partition coefficient (Wildman–Crippen LogP) is 2.98. The zero-order chi connectivity index (χ0) is 18.5. The average molecular weight is 462 g/mol. The summed E-state index contributed by atoms with van der Waals surface area (Å²) in [6.07, 6.45) is 3.05. The van der Waals surface area contributed by atoms with Crippen LogP contribution in [0.25, 0.3) is 5.82 Å². The maximum Gasteiger partial charge on any atom is 0.342 e. The molecule has 1 N–H and O–H groups in total. The molecular weight excluding hydrogens is 447 g/mol. The van der Waals surface area contributed by atoms with Crippen LogP contribution in [-0.2, 0) is 9.53 Å². The number of amides is 1. The first-order valence-electron chi connectivity index (χ1n) is 7.73. The number of nitrogens with one attached hydrogen (secondary N) is 1. The third-order valence-electron chi connectivity index (χ3n) is 3.56. The third kappa shape index (κ3) is 4.26. The van der Waals surface area contributed by atoms with Gasteiger partial charge in [-0.1, -0.05) is 6.07 Å². The molecule has 3 aromatic rings. The fraction of sp³-hybridized carbons (Fsp3) is 0.111. The lowest BCUT2D eigenvalue weighted by atomic mass is 10.2.